The first-order valence-corrected chi connectivity index (χ1v) is 5.01. The number of hydrogen-bond donors (Lipinski definition) is 0. The molecule has 1 aliphatic rings. The predicted octanol–water partition coefficient (Wildman–Crippen LogP) is 2.24. The van der Waals surface area contributed by atoms with Gasteiger partial charge in [0.25, 0.3) is 0 Å². The molecule has 3 nitrogen and oxygen atoms in total. The first-order chi connectivity index (χ1) is 8.49. The molecule has 1 aromatic carbocycles. The Morgan fingerprint density at radius 2 is 2.06 bits per heavy atom. The lowest BCUT2D eigenvalue weighted by molar-refractivity contribution is -0.235. The van der Waals surface area contributed by atoms with Crippen LogP contribution in [0, 0.1) is 12.5 Å². The first-order valence-electron chi connectivity index (χ1n) is 5.01. The van der Waals surface area contributed by atoms with E-state index in [1.807, 2.05) is 0 Å². The zero-order valence-corrected chi connectivity index (χ0v) is 9.02. The van der Waals surface area contributed by atoms with E-state index in [4.69, 9.17) is 11.2 Å². The van der Waals surface area contributed by atoms with Gasteiger partial charge in [-0.15, -0.1) is 0 Å². The topological polar surface area (TPSA) is 29.5 Å². The molecule has 94 valence electrons. The van der Waals surface area contributed by atoms with E-state index in [2.05, 4.69) is 6.04 Å². The maximum Gasteiger partial charge on any atom is 0.419 e. The van der Waals surface area contributed by atoms with Crippen LogP contribution in [-0.2, 0) is 9.53 Å². The highest BCUT2D eigenvalue weighted by atomic mass is 19.4. The average molecular weight is 255 g/mol. The van der Waals surface area contributed by atoms with Gasteiger partial charge < -0.3 is 4.74 Å². The van der Waals surface area contributed by atoms with Crippen molar-refractivity contribution in [1.82, 2.24) is 0 Å². The van der Waals surface area contributed by atoms with Crippen LogP contribution in [0.2, 0.25) is 0 Å². The largest absolute Gasteiger partial charge is 0.419 e. The lowest BCUT2D eigenvalue weighted by Crippen LogP contribution is -2.44. The summed E-state index contributed by atoms with van der Waals surface area (Å²) in [6.45, 7) is 0. The third-order valence-electron chi connectivity index (χ3n) is 2.56. The second kappa shape index (κ2) is 4.35. The summed E-state index contributed by atoms with van der Waals surface area (Å²) < 4.78 is 43.3. The molecule has 0 aromatic heterocycles. The van der Waals surface area contributed by atoms with E-state index in [9.17, 15) is 18.0 Å². The van der Waals surface area contributed by atoms with Gasteiger partial charge in [-0.2, -0.15) is 13.2 Å². The third kappa shape index (κ3) is 1.93. The number of ether oxygens (including phenoxy) is 1. The molecule has 2 unspecified atom stereocenters. The number of para-hydroxylation sites is 1. The minimum Gasteiger partial charge on any atom is -0.333 e. The lowest BCUT2D eigenvalue weighted by Gasteiger charge is -2.36. The van der Waals surface area contributed by atoms with Crippen LogP contribution in [0.15, 0.2) is 24.3 Å². The van der Waals surface area contributed by atoms with Crippen LogP contribution in [0.25, 0.3) is 0 Å². The van der Waals surface area contributed by atoms with Gasteiger partial charge in [0.05, 0.1) is 5.69 Å². The molecule has 2 atom stereocenters. The Balaban J connectivity index is 2.56. The van der Waals surface area contributed by atoms with Gasteiger partial charge in [-0.25, -0.2) is 0 Å². The zero-order chi connectivity index (χ0) is 13.3. The summed E-state index contributed by atoms with van der Waals surface area (Å²) in [6.07, 6.45) is -2.74. The fourth-order valence-corrected chi connectivity index (χ4v) is 1.83. The number of fused-ring (bicyclic) bond motifs is 1. The van der Waals surface area contributed by atoms with Gasteiger partial charge in [0, 0.05) is 11.6 Å². The van der Waals surface area contributed by atoms with Crippen molar-refractivity contribution in [1.29, 1.82) is 0 Å². The standard InChI is InChI=1S/C12H8F3NO2/c1-2-16-9-6-4-3-5-8(9)11(12(13,14)15)18-10(16)7-17/h1,3-7,10-11H. The first kappa shape index (κ1) is 12.5. The minimum atomic E-state index is -4.60. The van der Waals surface area contributed by atoms with Crippen molar-refractivity contribution in [3.63, 3.8) is 0 Å². The van der Waals surface area contributed by atoms with Crippen molar-refractivity contribution < 1.29 is 22.7 Å². The minimum absolute atomic E-state index is 0.0962. The number of anilines is 1. The molecule has 1 aliphatic heterocycles. The number of benzene rings is 1. The Morgan fingerprint density at radius 3 is 2.61 bits per heavy atom. The van der Waals surface area contributed by atoms with Gasteiger partial charge in [-0.1, -0.05) is 24.6 Å². The van der Waals surface area contributed by atoms with Crippen molar-refractivity contribution in [3.8, 4) is 12.5 Å². The molecule has 0 N–H and O–H groups in total. The van der Waals surface area contributed by atoms with Crippen LogP contribution >= 0.6 is 0 Å². The number of alkyl halides is 3. The van der Waals surface area contributed by atoms with Crippen molar-refractivity contribution in [3.05, 3.63) is 29.8 Å². The van der Waals surface area contributed by atoms with E-state index in [1.54, 1.807) is 6.07 Å². The molecule has 0 saturated heterocycles. The third-order valence-corrected chi connectivity index (χ3v) is 2.56. The Kier molecular flexibility index (Phi) is 3.01. The number of rotatable bonds is 1. The molecule has 0 bridgehead atoms. The van der Waals surface area contributed by atoms with E-state index in [0.717, 1.165) is 4.90 Å². The number of aldehydes is 1. The number of halogens is 3. The van der Waals surface area contributed by atoms with E-state index in [-0.39, 0.29) is 17.5 Å². The fraction of sp³-hybridized carbons (Fsp3) is 0.250. The van der Waals surface area contributed by atoms with Crippen LogP contribution in [0.4, 0.5) is 18.9 Å². The number of hydrogen-bond acceptors (Lipinski definition) is 3. The summed E-state index contributed by atoms with van der Waals surface area (Å²) in [5, 5.41) is 0. The Hall–Kier alpha value is -2.00. The lowest BCUT2D eigenvalue weighted by atomic mass is 10.0. The second-order valence-corrected chi connectivity index (χ2v) is 3.64. The maximum atomic E-state index is 12.8. The molecular weight excluding hydrogens is 247 g/mol. The Labute approximate surface area is 101 Å². The van der Waals surface area contributed by atoms with Crippen molar-refractivity contribution in [2.45, 2.75) is 18.5 Å². The quantitative estimate of drug-likeness (QED) is 0.569. The summed E-state index contributed by atoms with van der Waals surface area (Å²) in [7, 11) is 0. The fourth-order valence-electron chi connectivity index (χ4n) is 1.83. The number of nitrogens with zero attached hydrogens (tertiary/aromatic N) is 1. The van der Waals surface area contributed by atoms with E-state index in [1.165, 1.54) is 18.2 Å². The van der Waals surface area contributed by atoms with Crippen molar-refractivity contribution >= 4 is 12.0 Å². The number of terminal acetylenes is 1. The van der Waals surface area contributed by atoms with Crippen LogP contribution in [0.5, 0.6) is 0 Å². The predicted molar refractivity (Wildman–Crippen MR) is 57.5 cm³/mol. The molecule has 0 aliphatic carbocycles. The average Bonchev–Trinajstić information content (AvgIpc) is 2.35. The van der Waals surface area contributed by atoms with Crippen molar-refractivity contribution in [2.75, 3.05) is 4.90 Å². The summed E-state index contributed by atoms with van der Waals surface area (Å²) >= 11 is 0. The summed E-state index contributed by atoms with van der Waals surface area (Å²) in [5.74, 6) is 0. The monoisotopic (exact) mass is 255 g/mol. The van der Waals surface area contributed by atoms with Gasteiger partial charge in [-0.3, -0.25) is 9.69 Å². The van der Waals surface area contributed by atoms with Gasteiger partial charge in [0.2, 0.25) is 0 Å². The smallest absolute Gasteiger partial charge is 0.333 e. The van der Waals surface area contributed by atoms with Gasteiger partial charge in [0.15, 0.2) is 18.6 Å². The molecule has 0 saturated carbocycles. The van der Waals surface area contributed by atoms with E-state index >= 15 is 0 Å². The molecule has 18 heavy (non-hydrogen) atoms. The summed E-state index contributed by atoms with van der Waals surface area (Å²) in [5.41, 5.74) is 0.0618. The summed E-state index contributed by atoms with van der Waals surface area (Å²) in [6, 6.07) is 7.84. The van der Waals surface area contributed by atoms with Crippen LogP contribution in [-0.4, -0.2) is 18.7 Å². The molecule has 0 radical (unpaired) electrons. The van der Waals surface area contributed by atoms with Crippen LogP contribution in [0.1, 0.15) is 11.7 Å². The number of carbonyl (C=O) groups excluding carboxylic acids is 1. The van der Waals surface area contributed by atoms with Gasteiger partial charge >= 0.3 is 6.18 Å². The SMILES string of the molecule is C#CN1c2ccccc2C(C(F)(F)F)OC1C=O. The van der Waals surface area contributed by atoms with E-state index < -0.39 is 18.5 Å². The number of carbonyl (C=O) groups is 1. The normalized spacial score (nSPS) is 23.1. The highest BCUT2D eigenvalue weighted by Gasteiger charge is 2.48. The Morgan fingerprint density at radius 1 is 1.39 bits per heavy atom. The molecule has 1 heterocycles. The highest BCUT2D eigenvalue weighted by Crippen LogP contribution is 2.44. The van der Waals surface area contributed by atoms with Crippen LogP contribution in [0.3, 0.4) is 0 Å². The van der Waals surface area contributed by atoms with Gasteiger partial charge in [0.1, 0.15) is 0 Å². The Bertz CT molecular complexity index is 507. The maximum absolute atomic E-state index is 12.8. The molecular formula is C12H8F3NO2. The van der Waals surface area contributed by atoms with E-state index in [0.29, 0.717) is 0 Å². The molecule has 0 amide bonds. The second-order valence-electron chi connectivity index (χ2n) is 3.64. The molecule has 6 heteroatoms. The molecule has 2 rings (SSSR count). The van der Waals surface area contributed by atoms with Gasteiger partial charge in [-0.05, 0) is 6.07 Å². The van der Waals surface area contributed by atoms with Crippen molar-refractivity contribution in [2.24, 2.45) is 0 Å². The zero-order valence-electron chi connectivity index (χ0n) is 9.02. The molecule has 0 spiro atoms. The summed E-state index contributed by atoms with van der Waals surface area (Å²) in [4.78, 5) is 11.8. The van der Waals surface area contributed by atoms with Crippen LogP contribution < -0.4 is 4.90 Å². The molecule has 1 aromatic rings. The molecule has 0 fully saturated rings. The highest BCUT2D eigenvalue weighted by molar-refractivity contribution is 5.71.